The first-order valence-corrected chi connectivity index (χ1v) is 14.8. The van der Waals surface area contributed by atoms with Gasteiger partial charge in [0.1, 0.15) is 33.0 Å². The van der Waals surface area contributed by atoms with Crippen LogP contribution in [0.15, 0.2) is 85.2 Å². The monoisotopic (exact) mass is 612 g/mol. The molecule has 0 saturated carbocycles. The fourth-order valence-electron chi connectivity index (χ4n) is 4.68. The van der Waals surface area contributed by atoms with Gasteiger partial charge in [-0.15, -0.1) is 22.7 Å². The van der Waals surface area contributed by atoms with Gasteiger partial charge in [-0.1, -0.05) is 35.9 Å². The van der Waals surface area contributed by atoms with Gasteiger partial charge in [-0.05, 0) is 42.5 Å². The second-order valence-corrected chi connectivity index (χ2v) is 11.7. The van der Waals surface area contributed by atoms with Crippen LogP contribution in [-0.4, -0.2) is 39.1 Å². The first kappa shape index (κ1) is 26.3. The van der Waals surface area contributed by atoms with E-state index in [1.807, 2.05) is 54.6 Å². The Morgan fingerprint density at radius 3 is 2.12 bits per heavy atom. The molecule has 208 valence electrons. The molecule has 7 aromatic rings. The Labute approximate surface area is 253 Å². The molecule has 0 bridgehead atoms. The van der Waals surface area contributed by atoms with Crippen molar-refractivity contribution in [3.63, 3.8) is 0 Å². The predicted octanol–water partition coefficient (Wildman–Crippen LogP) is 8.59. The summed E-state index contributed by atoms with van der Waals surface area (Å²) in [5.74, 6) is 1.60. The molecule has 7 rings (SSSR count). The van der Waals surface area contributed by atoms with Crippen molar-refractivity contribution in [2.45, 2.75) is 0 Å². The second-order valence-electron chi connectivity index (χ2n) is 9.19. The van der Waals surface area contributed by atoms with Gasteiger partial charge in [0.15, 0.2) is 11.5 Å². The van der Waals surface area contributed by atoms with Gasteiger partial charge in [0.2, 0.25) is 0 Å². The Kier molecular flexibility index (Phi) is 6.66. The fourth-order valence-corrected chi connectivity index (χ4v) is 6.81. The van der Waals surface area contributed by atoms with E-state index in [2.05, 4.69) is 5.10 Å². The normalized spacial score (nSPS) is 11.3. The summed E-state index contributed by atoms with van der Waals surface area (Å²) in [4.78, 5) is 9.65. The van der Waals surface area contributed by atoms with E-state index >= 15 is 0 Å². The molecule has 0 fully saturated rings. The lowest BCUT2D eigenvalue weighted by Crippen LogP contribution is -2.03. The van der Waals surface area contributed by atoms with Crippen LogP contribution in [0.25, 0.3) is 47.3 Å². The molecule has 3 aromatic heterocycles. The lowest BCUT2D eigenvalue weighted by Gasteiger charge is -2.18. The molecule has 11 heteroatoms. The van der Waals surface area contributed by atoms with Crippen LogP contribution in [-0.2, 0) is 0 Å². The lowest BCUT2D eigenvalue weighted by atomic mass is 10.1. The van der Waals surface area contributed by atoms with Crippen molar-refractivity contribution in [3.05, 3.63) is 90.2 Å². The summed E-state index contributed by atoms with van der Waals surface area (Å²) in [6, 6.07) is 22.8. The van der Waals surface area contributed by atoms with Gasteiger partial charge in [-0.3, -0.25) is 0 Å². The molecule has 0 radical (unpaired) electrons. The molecule has 0 aliphatic rings. The minimum absolute atomic E-state index is 0.123. The highest BCUT2D eigenvalue weighted by Crippen LogP contribution is 2.50. The van der Waals surface area contributed by atoms with Crippen molar-refractivity contribution < 1.29 is 19.3 Å². The highest BCUT2D eigenvalue weighted by atomic mass is 35.5. The molecule has 42 heavy (non-hydrogen) atoms. The number of halogens is 1. The SMILES string of the molecule is COc1ccc(Oc2cc(OC)c(-n3cc(Cl)cn3)c(-c3nc4ccccc4s3)c2O)c(-c2nc3ccccc3s2)c1. The Morgan fingerprint density at radius 1 is 0.786 bits per heavy atom. The number of para-hydroxylation sites is 2. The number of hydrogen-bond donors (Lipinski definition) is 1. The van der Waals surface area contributed by atoms with Crippen molar-refractivity contribution in [1.29, 1.82) is 0 Å². The highest BCUT2D eigenvalue weighted by molar-refractivity contribution is 7.22. The minimum Gasteiger partial charge on any atom is -0.504 e. The van der Waals surface area contributed by atoms with E-state index in [1.54, 1.807) is 54.6 Å². The topological polar surface area (TPSA) is 91.5 Å². The van der Waals surface area contributed by atoms with Gasteiger partial charge in [-0.2, -0.15) is 5.10 Å². The largest absolute Gasteiger partial charge is 0.504 e. The third-order valence-electron chi connectivity index (χ3n) is 6.64. The van der Waals surface area contributed by atoms with Crippen LogP contribution < -0.4 is 14.2 Å². The summed E-state index contributed by atoms with van der Waals surface area (Å²) in [5, 5.41) is 18.0. The number of ether oxygens (including phenoxy) is 3. The zero-order valence-corrected chi connectivity index (χ0v) is 24.6. The molecule has 0 aliphatic heterocycles. The first-order chi connectivity index (χ1) is 20.5. The van der Waals surface area contributed by atoms with E-state index in [1.165, 1.54) is 17.5 Å². The maximum absolute atomic E-state index is 11.8. The van der Waals surface area contributed by atoms with Gasteiger partial charge in [-0.25, -0.2) is 14.6 Å². The number of hydrogen-bond acceptors (Lipinski definition) is 9. The molecule has 0 spiro atoms. The zero-order valence-electron chi connectivity index (χ0n) is 22.2. The van der Waals surface area contributed by atoms with Gasteiger partial charge in [0.05, 0.1) is 57.0 Å². The molecule has 0 atom stereocenters. The zero-order chi connectivity index (χ0) is 28.8. The van der Waals surface area contributed by atoms with Crippen molar-refractivity contribution in [1.82, 2.24) is 19.7 Å². The van der Waals surface area contributed by atoms with Gasteiger partial charge in [0.25, 0.3) is 0 Å². The summed E-state index contributed by atoms with van der Waals surface area (Å²) in [6.07, 6.45) is 3.16. The average molecular weight is 613 g/mol. The van der Waals surface area contributed by atoms with Crippen LogP contribution in [0.5, 0.6) is 28.7 Å². The third-order valence-corrected chi connectivity index (χ3v) is 8.96. The Morgan fingerprint density at radius 2 is 1.48 bits per heavy atom. The molecule has 4 aromatic carbocycles. The van der Waals surface area contributed by atoms with Crippen LogP contribution in [0.2, 0.25) is 5.02 Å². The summed E-state index contributed by atoms with van der Waals surface area (Å²) in [7, 11) is 3.16. The molecule has 0 saturated heterocycles. The summed E-state index contributed by atoms with van der Waals surface area (Å²) in [6.45, 7) is 0. The number of thiazole rings is 2. The molecular weight excluding hydrogens is 592 g/mol. The summed E-state index contributed by atoms with van der Waals surface area (Å²) >= 11 is 9.22. The van der Waals surface area contributed by atoms with Crippen LogP contribution in [0.3, 0.4) is 0 Å². The van der Waals surface area contributed by atoms with Crippen LogP contribution >= 0.6 is 34.3 Å². The molecule has 1 N–H and O–H groups in total. The van der Waals surface area contributed by atoms with E-state index in [0.29, 0.717) is 38.5 Å². The number of rotatable bonds is 7. The number of aromatic hydroxyl groups is 1. The van der Waals surface area contributed by atoms with Crippen molar-refractivity contribution in [2.24, 2.45) is 0 Å². The Balaban J connectivity index is 1.43. The van der Waals surface area contributed by atoms with Crippen LogP contribution in [0, 0.1) is 0 Å². The third kappa shape index (κ3) is 4.59. The molecule has 8 nitrogen and oxygen atoms in total. The Bertz CT molecular complexity index is 2040. The summed E-state index contributed by atoms with van der Waals surface area (Å²) in [5.41, 5.74) is 3.30. The predicted molar refractivity (Wildman–Crippen MR) is 167 cm³/mol. The number of phenols is 1. The Hall–Kier alpha value is -4.64. The van der Waals surface area contributed by atoms with Crippen LogP contribution in [0.4, 0.5) is 0 Å². The average Bonchev–Trinajstić information content (AvgIpc) is 3.75. The van der Waals surface area contributed by atoms with E-state index in [-0.39, 0.29) is 11.5 Å². The summed E-state index contributed by atoms with van der Waals surface area (Å²) < 4.78 is 21.4. The van der Waals surface area contributed by atoms with Crippen LogP contribution in [0.1, 0.15) is 0 Å². The lowest BCUT2D eigenvalue weighted by molar-refractivity contribution is 0.389. The number of methoxy groups -OCH3 is 2. The number of benzene rings is 4. The van der Waals surface area contributed by atoms with E-state index in [4.69, 9.17) is 35.8 Å². The molecule has 0 amide bonds. The maximum Gasteiger partial charge on any atom is 0.173 e. The van der Waals surface area contributed by atoms with Gasteiger partial charge < -0.3 is 19.3 Å². The molecule has 3 heterocycles. The number of phenolic OH excluding ortho intramolecular Hbond substituents is 1. The van der Waals surface area contributed by atoms with Crippen molar-refractivity contribution in [2.75, 3.05) is 14.2 Å². The second kappa shape index (κ2) is 10.6. The van der Waals surface area contributed by atoms with E-state index in [0.717, 1.165) is 31.0 Å². The highest BCUT2D eigenvalue weighted by Gasteiger charge is 2.27. The van der Waals surface area contributed by atoms with Crippen molar-refractivity contribution >= 4 is 54.7 Å². The minimum atomic E-state index is -0.123. The number of nitrogens with zero attached hydrogens (tertiary/aromatic N) is 4. The van der Waals surface area contributed by atoms with E-state index in [9.17, 15) is 5.11 Å². The smallest absolute Gasteiger partial charge is 0.173 e. The molecule has 0 unspecified atom stereocenters. The van der Waals surface area contributed by atoms with E-state index < -0.39 is 0 Å². The number of fused-ring (bicyclic) bond motifs is 2. The molecular formula is C31H21ClN4O4S2. The van der Waals surface area contributed by atoms with Gasteiger partial charge in [0, 0.05) is 12.3 Å². The fraction of sp³-hybridized carbons (Fsp3) is 0.0645. The molecule has 0 aliphatic carbocycles. The van der Waals surface area contributed by atoms with Gasteiger partial charge >= 0.3 is 0 Å². The standard InChI is InChI=1S/C31H21ClN4O4S2/c1-38-18-11-12-22(19(13-18)30-34-20-7-3-5-9-25(20)41-30)40-24-14-23(39-2)28(36-16-17(32)15-33-36)27(29(24)37)31-35-21-8-4-6-10-26(21)42-31/h3-16,37H,1-2H3. The maximum atomic E-state index is 11.8. The first-order valence-electron chi connectivity index (χ1n) is 12.7. The van der Waals surface area contributed by atoms with Crippen molar-refractivity contribution in [3.8, 4) is 55.6 Å². The number of aromatic nitrogens is 4. The quantitative estimate of drug-likeness (QED) is 0.193.